The van der Waals surface area contributed by atoms with Gasteiger partial charge in [-0.3, -0.25) is 9.69 Å². The summed E-state index contributed by atoms with van der Waals surface area (Å²) in [4.78, 5) is 20.6. The monoisotopic (exact) mass is 596 g/mol. The van der Waals surface area contributed by atoms with Crippen LogP contribution in [0.15, 0.2) is 0 Å². The lowest BCUT2D eigenvalue weighted by atomic mass is 9.64. The Hall–Kier alpha value is -0.980. The summed E-state index contributed by atoms with van der Waals surface area (Å²) in [7, 11) is 2.11. The minimum atomic E-state index is -4.26. The summed E-state index contributed by atoms with van der Waals surface area (Å²) >= 11 is 0. The Labute approximate surface area is 248 Å². The highest BCUT2D eigenvalue weighted by Gasteiger charge is 2.58. The van der Waals surface area contributed by atoms with Gasteiger partial charge in [0.2, 0.25) is 5.91 Å². The Morgan fingerprint density at radius 1 is 1.05 bits per heavy atom. The van der Waals surface area contributed by atoms with Gasteiger partial charge < -0.3 is 19.9 Å². The lowest BCUT2D eigenvalue weighted by Crippen LogP contribution is -2.56. The van der Waals surface area contributed by atoms with Gasteiger partial charge in [-0.2, -0.15) is 13.2 Å². The number of likely N-dealkylation sites (tertiary alicyclic amines) is 2. The van der Waals surface area contributed by atoms with E-state index in [4.69, 9.17) is 4.74 Å². The van der Waals surface area contributed by atoms with Crippen LogP contribution < -0.4 is 16.2 Å². The fourth-order valence-corrected chi connectivity index (χ4v) is 10.2. The van der Waals surface area contributed by atoms with Crippen LogP contribution in [0, 0.1) is 40.9 Å². The number of ether oxygens (including phenoxy) is 1. The SMILES string of the molecule is CN1CNNC1CC1(C2CCCC(N3CC4C(CC(CN5CCC6CCCNC6C5)CC4C(F)(F)F)C3=O)C2)COC1. The van der Waals surface area contributed by atoms with Crippen molar-refractivity contribution in [3.8, 4) is 0 Å². The molecule has 8 nitrogen and oxygen atoms in total. The molecule has 0 aromatic rings. The number of hydrogen-bond donors (Lipinski definition) is 3. The molecule has 7 fully saturated rings. The lowest BCUT2D eigenvalue weighted by Gasteiger charge is -2.52. The van der Waals surface area contributed by atoms with Gasteiger partial charge in [0, 0.05) is 43.1 Å². The van der Waals surface area contributed by atoms with Gasteiger partial charge in [0.05, 0.1) is 32.0 Å². The Balaban J connectivity index is 1.02. The molecule has 5 saturated heterocycles. The molecular formula is C31H51F3N6O2. The van der Waals surface area contributed by atoms with Gasteiger partial charge in [-0.05, 0) is 102 Å². The number of carbonyl (C=O) groups is 1. The predicted molar refractivity (Wildman–Crippen MR) is 153 cm³/mol. The molecule has 1 amide bonds. The Morgan fingerprint density at radius 3 is 2.64 bits per heavy atom. The zero-order chi connectivity index (χ0) is 29.1. The van der Waals surface area contributed by atoms with E-state index in [9.17, 15) is 18.0 Å². The molecule has 7 aliphatic rings. The summed E-state index contributed by atoms with van der Waals surface area (Å²) in [6, 6.07) is 0.519. The van der Waals surface area contributed by atoms with Crippen molar-refractivity contribution < 1.29 is 22.7 Å². The molecular weight excluding hydrogens is 545 g/mol. The van der Waals surface area contributed by atoms with Gasteiger partial charge in [-0.1, -0.05) is 6.42 Å². The quantitative estimate of drug-likeness (QED) is 0.436. The van der Waals surface area contributed by atoms with Crippen LogP contribution in [0.5, 0.6) is 0 Å². The second kappa shape index (κ2) is 11.7. The maximum absolute atomic E-state index is 14.6. The van der Waals surface area contributed by atoms with Crippen molar-refractivity contribution >= 4 is 5.91 Å². The lowest BCUT2D eigenvalue weighted by molar-refractivity contribution is -0.204. The third-order valence-electron chi connectivity index (χ3n) is 12.6. The fourth-order valence-electron chi connectivity index (χ4n) is 10.2. The van der Waals surface area contributed by atoms with Crippen molar-refractivity contribution in [2.75, 3.05) is 59.7 Å². The average Bonchev–Trinajstić information content (AvgIpc) is 3.51. The molecule has 5 heterocycles. The smallest absolute Gasteiger partial charge is 0.380 e. The Morgan fingerprint density at radius 2 is 1.90 bits per heavy atom. The molecule has 11 heteroatoms. The molecule has 5 aliphatic heterocycles. The van der Waals surface area contributed by atoms with Crippen molar-refractivity contribution in [2.24, 2.45) is 40.9 Å². The van der Waals surface area contributed by atoms with Gasteiger partial charge in [-0.25, -0.2) is 10.9 Å². The van der Waals surface area contributed by atoms with Gasteiger partial charge in [-0.15, -0.1) is 0 Å². The molecule has 2 saturated carbocycles. The van der Waals surface area contributed by atoms with Crippen LogP contribution in [0.1, 0.15) is 64.2 Å². The van der Waals surface area contributed by atoms with E-state index < -0.39 is 23.9 Å². The highest BCUT2D eigenvalue weighted by molar-refractivity contribution is 5.82. The first-order valence-electron chi connectivity index (χ1n) is 16.8. The number of hydrazine groups is 1. The van der Waals surface area contributed by atoms with Crippen molar-refractivity contribution in [1.29, 1.82) is 0 Å². The maximum atomic E-state index is 14.6. The van der Waals surface area contributed by atoms with Gasteiger partial charge in [0.1, 0.15) is 0 Å². The van der Waals surface area contributed by atoms with E-state index in [1.54, 1.807) is 0 Å². The summed E-state index contributed by atoms with van der Waals surface area (Å²) in [5.41, 5.74) is 6.69. The Kier molecular flexibility index (Phi) is 8.31. The van der Waals surface area contributed by atoms with Gasteiger partial charge in [0.15, 0.2) is 0 Å². The van der Waals surface area contributed by atoms with Crippen LogP contribution >= 0.6 is 0 Å². The molecule has 0 spiro atoms. The minimum Gasteiger partial charge on any atom is -0.380 e. The molecule has 42 heavy (non-hydrogen) atoms. The molecule has 0 aromatic carbocycles. The van der Waals surface area contributed by atoms with E-state index in [1.165, 1.54) is 12.8 Å². The van der Waals surface area contributed by atoms with Gasteiger partial charge >= 0.3 is 6.18 Å². The molecule has 7 rings (SSSR count). The van der Waals surface area contributed by atoms with Crippen molar-refractivity contribution in [2.45, 2.75) is 88.6 Å². The van der Waals surface area contributed by atoms with Crippen molar-refractivity contribution in [3.05, 3.63) is 0 Å². The number of alkyl halides is 3. The number of halogens is 3. The third kappa shape index (κ3) is 5.64. The molecule has 9 unspecified atom stereocenters. The summed E-state index contributed by atoms with van der Waals surface area (Å²) in [5.74, 6) is -1.37. The number of piperidine rings is 2. The summed E-state index contributed by atoms with van der Waals surface area (Å²) in [6.07, 6.45) is 5.32. The molecule has 0 aromatic heterocycles. The van der Waals surface area contributed by atoms with E-state index in [1.807, 2.05) is 4.90 Å². The Bertz CT molecular complexity index is 981. The summed E-state index contributed by atoms with van der Waals surface area (Å²) in [6.45, 7) is 6.21. The first kappa shape index (κ1) is 29.7. The van der Waals surface area contributed by atoms with Crippen molar-refractivity contribution in [3.63, 3.8) is 0 Å². The molecule has 0 bridgehead atoms. The van der Waals surface area contributed by atoms with Gasteiger partial charge in [0.25, 0.3) is 0 Å². The molecule has 238 valence electrons. The number of carbonyl (C=O) groups excluding carboxylic acids is 1. The zero-order valence-corrected chi connectivity index (χ0v) is 25.2. The average molecular weight is 597 g/mol. The van der Waals surface area contributed by atoms with E-state index in [0.717, 1.165) is 78.0 Å². The predicted octanol–water partition coefficient (Wildman–Crippen LogP) is 3.01. The van der Waals surface area contributed by atoms with Crippen LogP contribution in [-0.2, 0) is 9.53 Å². The van der Waals surface area contributed by atoms with E-state index >= 15 is 0 Å². The summed E-state index contributed by atoms with van der Waals surface area (Å²) < 4.78 is 49.5. The second-order valence-corrected chi connectivity index (χ2v) is 15.1. The molecule has 2 aliphatic carbocycles. The third-order valence-corrected chi connectivity index (χ3v) is 12.6. The standard InChI is InChI=1S/C31H51F3N6O2/c1-38-19-36-37-28(38)13-30(17-42-18-30)22-5-2-6-23(12-22)40-15-25-24(29(40)41)10-20(11-26(25)31(32,33)34)14-39-9-7-21-4-3-8-35-27(21)16-39/h20-28,35-37H,2-19H2,1H3. The normalized spacial score (nSPS) is 43.2. The highest BCUT2D eigenvalue weighted by atomic mass is 19.4. The van der Waals surface area contributed by atoms with Crippen LogP contribution in [-0.4, -0.2) is 105 Å². The molecule has 0 radical (unpaired) electrons. The fraction of sp³-hybridized carbons (Fsp3) is 0.968. The van der Waals surface area contributed by atoms with Crippen LogP contribution in [0.2, 0.25) is 0 Å². The molecule has 3 N–H and O–H groups in total. The number of fused-ring (bicyclic) bond motifs is 2. The van der Waals surface area contributed by atoms with E-state index in [2.05, 4.69) is 33.0 Å². The van der Waals surface area contributed by atoms with Crippen molar-refractivity contribution in [1.82, 2.24) is 30.9 Å². The first-order valence-corrected chi connectivity index (χ1v) is 16.8. The number of nitrogens with one attached hydrogen (secondary N) is 3. The largest absolute Gasteiger partial charge is 0.392 e. The van der Waals surface area contributed by atoms with Crippen LogP contribution in [0.3, 0.4) is 0 Å². The first-order chi connectivity index (χ1) is 20.2. The number of nitrogens with zero attached hydrogens (tertiary/aromatic N) is 3. The number of hydrogen-bond acceptors (Lipinski definition) is 7. The van der Waals surface area contributed by atoms with Crippen LogP contribution in [0.25, 0.3) is 0 Å². The second-order valence-electron chi connectivity index (χ2n) is 15.1. The number of rotatable bonds is 6. The zero-order valence-electron chi connectivity index (χ0n) is 25.2. The topological polar surface area (TPSA) is 72.1 Å². The minimum absolute atomic E-state index is 0.0116. The maximum Gasteiger partial charge on any atom is 0.392 e. The van der Waals surface area contributed by atoms with Crippen LogP contribution in [0.4, 0.5) is 13.2 Å². The highest BCUT2D eigenvalue weighted by Crippen LogP contribution is 2.53. The molecule has 9 atom stereocenters. The van der Waals surface area contributed by atoms with E-state index in [0.29, 0.717) is 30.8 Å². The number of amides is 1. The summed E-state index contributed by atoms with van der Waals surface area (Å²) in [5, 5.41) is 3.65. The van der Waals surface area contributed by atoms with E-state index in [-0.39, 0.29) is 42.4 Å².